The van der Waals surface area contributed by atoms with Crippen molar-refractivity contribution in [3.8, 4) is 5.75 Å². The number of fused-ring (bicyclic) bond motifs is 1. The molecule has 0 unspecified atom stereocenters. The van der Waals surface area contributed by atoms with Crippen molar-refractivity contribution in [3.05, 3.63) is 51.5 Å². The number of aryl methyl sites for hydroxylation is 3. The number of nitrogens with two attached hydrogens (primary N) is 1. The molecule has 162 valence electrons. The largest absolute Gasteiger partial charge is 0.492 e. The molecular weight excluding hydrogens is 417 g/mol. The van der Waals surface area contributed by atoms with Crippen LogP contribution in [0.3, 0.4) is 0 Å². The van der Waals surface area contributed by atoms with Gasteiger partial charge in [-0.1, -0.05) is 56.0 Å². The lowest BCUT2D eigenvalue weighted by atomic mass is 9.96. The maximum absolute atomic E-state index is 6.31. The summed E-state index contributed by atoms with van der Waals surface area (Å²) in [6.07, 6.45) is 7.70. The number of unbranched alkanes of at least 4 members (excludes halogenated alkanes) is 2. The van der Waals surface area contributed by atoms with Gasteiger partial charge in [-0.05, 0) is 67.5 Å². The van der Waals surface area contributed by atoms with Crippen LogP contribution in [0.5, 0.6) is 5.75 Å². The molecule has 0 amide bonds. The highest BCUT2D eigenvalue weighted by Gasteiger charge is 2.15. The highest BCUT2D eigenvalue weighted by atomic mass is 35.5. The first-order valence-electron chi connectivity index (χ1n) is 10.9. The molecule has 0 bridgehead atoms. The van der Waals surface area contributed by atoms with E-state index >= 15 is 0 Å². The van der Waals surface area contributed by atoms with Gasteiger partial charge in [0, 0.05) is 11.6 Å². The summed E-state index contributed by atoms with van der Waals surface area (Å²) in [5, 5.41) is 1.12. The summed E-state index contributed by atoms with van der Waals surface area (Å²) in [6.45, 7) is 5.74. The minimum Gasteiger partial charge on any atom is -0.492 e. The Hall–Kier alpha value is -1.91. The molecule has 0 fully saturated rings. The molecule has 0 radical (unpaired) electrons. The van der Waals surface area contributed by atoms with E-state index in [1.165, 1.54) is 36.8 Å². The molecule has 1 aromatic heterocycles. The van der Waals surface area contributed by atoms with E-state index in [2.05, 4.69) is 30.5 Å². The van der Waals surface area contributed by atoms with E-state index in [0.29, 0.717) is 28.3 Å². The van der Waals surface area contributed by atoms with Gasteiger partial charge >= 0.3 is 0 Å². The van der Waals surface area contributed by atoms with Gasteiger partial charge in [0.25, 0.3) is 0 Å². The lowest BCUT2D eigenvalue weighted by molar-refractivity contribution is 0.303. The highest BCUT2D eigenvalue weighted by Crippen LogP contribution is 2.29. The second-order valence-corrected chi connectivity index (χ2v) is 8.52. The number of ether oxygens (including phenoxy) is 1. The Labute approximate surface area is 189 Å². The topological polar surface area (TPSA) is 53.1 Å². The SMILES string of the molecule is CCCCc1ccc2c(nc(N)n2CCCOc2ccc(Cl)cc2Cl)c1CCCC. The van der Waals surface area contributed by atoms with Crippen LogP contribution in [0.15, 0.2) is 30.3 Å². The molecule has 0 aliphatic rings. The molecule has 0 spiro atoms. The second kappa shape index (κ2) is 10.9. The van der Waals surface area contributed by atoms with Gasteiger partial charge in [-0.2, -0.15) is 0 Å². The molecule has 0 saturated carbocycles. The Balaban J connectivity index is 1.74. The lowest BCUT2D eigenvalue weighted by Crippen LogP contribution is -2.07. The summed E-state index contributed by atoms with van der Waals surface area (Å²) < 4.78 is 7.92. The van der Waals surface area contributed by atoms with Crippen LogP contribution >= 0.6 is 23.2 Å². The molecule has 2 N–H and O–H groups in total. The summed E-state index contributed by atoms with van der Waals surface area (Å²) in [5.74, 6) is 1.21. The summed E-state index contributed by atoms with van der Waals surface area (Å²) >= 11 is 12.1. The van der Waals surface area contributed by atoms with Crippen molar-refractivity contribution in [1.29, 1.82) is 0 Å². The summed E-state index contributed by atoms with van der Waals surface area (Å²) in [6, 6.07) is 9.70. The number of nitrogens with zero attached hydrogens (tertiary/aromatic N) is 2. The molecule has 0 aliphatic carbocycles. The van der Waals surface area contributed by atoms with Crippen molar-refractivity contribution in [2.75, 3.05) is 12.3 Å². The molecule has 30 heavy (non-hydrogen) atoms. The molecule has 0 atom stereocenters. The molecule has 3 rings (SSSR count). The van der Waals surface area contributed by atoms with Crippen LogP contribution in [0.2, 0.25) is 10.0 Å². The van der Waals surface area contributed by atoms with Crippen LogP contribution in [0.25, 0.3) is 11.0 Å². The fourth-order valence-corrected chi connectivity index (χ4v) is 4.24. The number of rotatable bonds is 11. The Kier molecular flexibility index (Phi) is 8.29. The van der Waals surface area contributed by atoms with Crippen LogP contribution in [0.1, 0.15) is 57.1 Å². The number of hydrogen-bond donors (Lipinski definition) is 1. The summed E-state index contributed by atoms with van der Waals surface area (Å²) in [7, 11) is 0. The predicted octanol–water partition coefficient (Wildman–Crippen LogP) is 7.08. The normalized spacial score (nSPS) is 11.3. The van der Waals surface area contributed by atoms with Crippen molar-refractivity contribution in [3.63, 3.8) is 0 Å². The predicted molar refractivity (Wildman–Crippen MR) is 128 cm³/mol. The van der Waals surface area contributed by atoms with E-state index in [0.717, 1.165) is 36.8 Å². The van der Waals surface area contributed by atoms with E-state index in [1.54, 1.807) is 18.2 Å². The third-order valence-electron chi connectivity index (χ3n) is 5.41. The van der Waals surface area contributed by atoms with Crippen molar-refractivity contribution >= 4 is 40.2 Å². The maximum Gasteiger partial charge on any atom is 0.201 e. The third-order valence-corrected chi connectivity index (χ3v) is 5.94. The van der Waals surface area contributed by atoms with E-state index < -0.39 is 0 Å². The third kappa shape index (κ3) is 5.41. The zero-order chi connectivity index (χ0) is 21.5. The minimum absolute atomic E-state index is 0.523. The van der Waals surface area contributed by atoms with Gasteiger partial charge in [0.2, 0.25) is 5.95 Å². The van der Waals surface area contributed by atoms with Crippen molar-refractivity contribution in [2.45, 2.75) is 65.3 Å². The highest BCUT2D eigenvalue weighted by molar-refractivity contribution is 6.35. The zero-order valence-electron chi connectivity index (χ0n) is 17.9. The first-order chi connectivity index (χ1) is 14.5. The van der Waals surface area contributed by atoms with Crippen molar-refractivity contribution in [2.24, 2.45) is 0 Å². The molecule has 2 aromatic carbocycles. The van der Waals surface area contributed by atoms with Gasteiger partial charge in [0.05, 0.1) is 22.7 Å². The van der Waals surface area contributed by atoms with E-state index in [4.69, 9.17) is 38.7 Å². The fourth-order valence-electron chi connectivity index (χ4n) is 3.77. The molecule has 3 aromatic rings. The van der Waals surface area contributed by atoms with Gasteiger partial charge in [0.1, 0.15) is 5.75 Å². The minimum atomic E-state index is 0.523. The Morgan fingerprint density at radius 1 is 1.00 bits per heavy atom. The Bertz CT molecular complexity index is 984. The molecule has 1 heterocycles. The van der Waals surface area contributed by atoms with Crippen LogP contribution in [0, 0.1) is 0 Å². The zero-order valence-corrected chi connectivity index (χ0v) is 19.4. The molecule has 0 aliphatic heterocycles. The number of imidazole rings is 1. The molecule has 6 heteroatoms. The van der Waals surface area contributed by atoms with Crippen LogP contribution in [0.4, 0.5) is 5.95 Å². The van der Waals surface area contributed by atoms with Gasteiger partial charge in [-0.15, -0.1) is 0 Å². The first kappa shape index (κ1) is 22.8. The molecular formula is C24H31Cl2N3O. The van der Waals surface area contributed by atoms with Crippen molar-refractivity contribution in [1.82, 2.24) is 9.55 Å². The van der Waals surface area contributed by atoms with E-state index in [1.807, 2.05) is 0 Å². The quantitative estimate of drug-likeness (QED) is 0.319. The molecule has 0 saturated heterocycles. The maximum atomic E-state index is 6.31. The van der Waals surface area contributed by atoms with Gasteiger partial charge in [-0.3, -0.25) is 0 Å². The number of hydrogen-bond acceptors (Lipinski definition) is 3. The number of anilines is 1. The monoisotopic (exact) mass is 447 g/mol. The van der Waals surface area contributed by atoms with Crippen LogP contribution < -0.4 is 10.5 Å². The Morgan fingerprint density at radius 3 is 2.50 bits per heavy atom. The standard InChI is InChI=1S/C24H31Cl2N3O/c1-3-5-8-17-10-12-21-23(19(17)9-6-4-2)28-24(27)29(21)14-7-15-30-22-13-11-18(25)16-20(22)26/h10-13,16H,3-9,14-15H2,1-2H3,(H2,27,28). The fraction of sp³-hybridized carbons (Fsp3) is 0.458. The van der Waals surface area contributed by atoms with Crippen LogP contribution in [-0.4, -0.2) is 16.2 Å². The average Bonchev–Trinajstić information content (AvgIpc) is 3.05. The van der Waals surface area contributed by atoms with E-state index in [-0.39, 0.29) is 0 Å². The van der Waals surface area contributed by atoms with E-state index in [9.17, 15) is 0 Å². The second-order valence-electron chi connectivity index (χ2n) is 7.68. The van der Waals surface area contributed by atoms with Gasteiger partial charge in [0.15, 0.2) is 0 Å². The number of nitrogen functional groups attached to an aromatic ring is 1. The number of halogens is 2. The summed E-state index contributed by atoms with van der Waals surface area (Å²) in [4.78, 5) is 4.76. The average molecular weight is 448 g/mol. The van der Waals surface area contributed by atoms with Crippen LogP contribution in [-0.2, 0) is 19.4 Å². The molecule has 4 nitrogen and oxygen atoms in total. The summed E-state index contributed by atoms with van der Waals surface area (Å²) in [5.41, 5.74) is 11.3. The van der Waals surface area contributed by atoms with Gasteiger partial charge in [-0.25, -0.2) is 4.98 Å². The number of aromatic nitrogens is 2. The first-order valence-corrected chi connectivity index (χ1v) is 11.6. The van der Waals surface area contributed by atoms with Gasteiger partial charge < -0.3 is 15.0 Å². The number of benzene rings is 2. The smallest absolute Gasteiger partial charge is 0.201 e. The van der Waals surface area contributed by atoms with Crippen molar-refractivity contribution < 1.29 is 4.74 Å². The lowest BCUT2D eigenvalue weighted by Gasteiger charge is -2.12. The Morgan fingerprint density at radius 2 is 1.77 bits per heavy atom.